The van der Waals surface area contributed by atoms with Gasteiger partial charge in [0.25, 0.3) is 0 Å². The first kappa shape index (κ1) is 17.5. The van der Waals surface area contributed by atoms with Crippen molar-refractivity contribution in [3.05, 3.63) is 0 Å². The van der Waals surface area contributed by atoms with E-state index in [2.05, 4.69) is 46.6 Å². The van der Waals surface area contributed by atoms with Crippen LogP contribution < -0.4 is 0 Å². The van der Waals surface area contributed by atoms with Gasteiger partial charge in [-0.2, -0.15) is 13.2 Å². The second kappa shape index (κ2) is 4.71. The molecule has 0 aliphatic carbocycles. The number of rotatable bonds is 2. The molecule has 0 N–H and O–H groups in total. The maximum absolute atomic E-state index is 12.6. The SMILES string of the molecule is CC1(C)C[Si](C)(C)[Si](C)(C)[Si](C)(CCC(F)(F)F)O1. The second-order valence-electron chi connectivity index (χ2n) is 7.89. The molecular weight excluding hydrogens is 301 g/mol. The molecule has 7 heteroatoms. The predicted octanol–water partition coefficient (Wildman–Crippen LogP) is 4.90. The molecule has 0 spiro atoms. The Morgan fingerprint density at radius 1 is 1.05 bits per heavy atom. The van der Waals surface area contributed by atoms with E-state index in [0.717, 1.165) is 6.04 Å². The summed E-state index contributed by atoms with van der Waals surface area (Å²) in [6.07, 6.45) is -4.73. The lowest BCUT2D eigenvalue weighted by Crippen LogP contribution is -2.78. The van der Waals surface area contributed by atoms with Crippen LogP contribution in [-0.2, 0) is 4.43 Å². The molecule has 0 aromatic carbocycles. The van der Waals surface area contributed by atoms with Gasteiger partial charge < -0.3 is 4.43 Å². The van der Waals surface area contributed by atoms with Crippen molar-refractivity contribution in [1.29, 1.82) is 0 Å². The van der Waals surface area contributed by atoms with E-state index in [1.807, 2.05) is 0 Å². The molecule has 1 aliphatic rings. The van der Waals surface area contributed by atoms with Crippen molar-refractivity contribution in [1.82, 2.24) is 0 Å². The predicted molar refractivity (Wildman–Crippen MR) is 82.0 cm³/mol. The lowest BCUT2D eigenvalue weighted by molar-refractivity contribution is -0.131. The summed E-state index contributed by atoms with van der Waals surface area (Å²) < 4.78 is 44.2. The lowest BCUT2D eigenvalue weighted by Gasteiger charge is -2.59. The van der Waals surface area contributed by atoms with E-state index in [0.29, 0.717) is 0 Å². The van der Waals surface area contributed by atoms with Gasteiger partial charge in [0.05, 0.1) is 7.11 Å². The van der Waals surface area contributed by atoms with Crippen LogP contribution in [0.15, 0.2) is 0 Å². The van der Waals surface area contributed by atoms with Gasteiger partial charge in [-0.3, -0.25) is 0 Å². The first-order valence-corrected chi connectivity index (χ1v) is 17.7. The number of hydrogen-bond donors (Lipinski definition) is 0. The van der Waals surface area contributed by atoms with Crippen molar-refractivity contribution >= 4 is 22.5 Å². The lowest BCUT2D eigenvalue weighted by atomic mass is 10.2. The zero-order chi connectivity index (χ0) is 15.3. The molecule has 1 unspecified atom stereocenters. The minimum absolute atomic E-state index is 0.231. The normalized spacial score (nSPS) is 33.2. The Labute approximate surface area is 117 Å². The summed E-state index contributed by atoms with van der Waals surface area (Å²) in [5.74, 6) is 0. The first-order chi connectivity index (χ1) is 8.12. The minimum atomic E-state index is -4.06. The Bertz CT molecular complexity index is 353. The molecule has 1 heterocycles. The molecule has 0 aromatic rings. The number of alkyl halides is 3. The standard InChI is InChI=1S/C12H27F3OSi3/c1-11(2)10-17(3,4)18(5,6)19(7,16-11)9-8-12(13,14)15/h8-10H2,1-7H3. The average molecular weight is 329 g/mol. The molecule has 0 aromatic heterocycles. The van der Waals surface area contributed by atoms with E-state index in [-0.39, 0.29) is 11.6 Å². The maximum atomic E-state index is 12.6. The minimum Gasteiger partial charge on any atom is -0.415 e. The van der Waals surface area contributed by atoms with Gasteiger partial charge in [0.1, 0.15) is 0 Å². The van der Waals surface area contributed by atoms with Crippen LogP contribution in [0, 0.1) is 0 Å². The van der Waals surface area contributed by atoms with Crippen LogP contribution in [0.4, 0.5) is 13.2 Å². The molecule has 1 aliphatic heterocycles. The van der Waals surface area contributed by atoms with Gasteiger partial charge >= 0.3 is 6.18 Å². The summed E-state index contributed by atoms with van der Waals surface area (Å²) in [5, 5.41) is 0. The number of hydrogen-bond acceptors (Lipinski definition) is 1. The molecule has 1 atom stereocenters. The van der Waals surface area contributed by atoms with Crippen LogP contribution in [0.5, 0.6) is 0 Å². The zero-order valence-corrected chi connectivity index (χ0v) is 16.2. The summed E-state index contributed by atoms with van der Waals surface area (Å²) in [4.78, 5) is 0. The molecule has 114 valence electrons. The van der Waals surface area contributed by atoms with Crippen LogP contribution in [0.25, 0.3) is 0 Å². The van der Waals surface area contributed by atoms with Crippen LogP contribution in [0.3, 0.4) is 0 Å². The third-order valence-corrected chi connectivity index (χ3v) is 45.8. The Hall–Kier alpha value is 0.401. The molecule has 19 heavy (non-hydrogen) atoms. The van der Waals surface area contributed by atoms with Crippen molar-refractivity contribution < 1.29 is 17.6 Å². The van der Waals surface area contributed by atoms with E-state index in [1.54, 1.807) is 0 Å². The molecule has 0 radical (unpaired) electrons. The zero-order valence-electron chi connectivity index (χ0n) is 13.2. The van der Waals surface area contributed by atoms with Gasteiger partial charge in [0, 0.05) is 19.6 Å². The van der Waals surface area contributed by atoms with Gasteiger partial charge in [-0.15, -0.1) is 0 Å². The van der Waals surface area contributed by atoms with Crippen molar-refractivity contribution in [2.45, 2.75) is 76.9 Å². The van der Waals surface area contributed by atoms with E-state index in [4.69, 9.17) is 4.43 Å². The largest absolute Gasteiger partial charge is 0.415 e. The third kappa shape index (κ3) is 3.54. The highest BCUT2D eigenvalue weighted by atomic mass is 29.6. The quantitative estimate of drug-likeness (QED) is 0.655. The van der Waals surface area contributed by atoms with Crippen LogP contribution in [-0.4, -0.2) is 34.3 Å². The Morgan fingerprint density at radius 2 is 1.53 bits per heavy atom. The van der Waals surface area contributed by atoms with Crippen LogP contribution in [0.1, 0.15) is 20.3 Å². The van der Waals surface area contributed by atoms with E-state index < -0.39 is 35.1 Å². The van der Waals surface area contributed by atoms with Crippen LogP contribution >= 0.6 is 0 Å². The smallest absolute Gasteiger partial charge is 0.388 e. The molecule has 1 rings (SSSR count). The fourth-order valence-corrected chi connectivity index (χ4v) is 36.8. The topological polar surface area (TPSA) is 9.23 Å². The molecule has 0 saturated carbocycles. The summed E-state index contributed by atoms with van der Waals surface area (Å²) >= 11 is 0. The highest BCUT2D eigenvalue weighted by molar-refractivity contribution is 7.67. The Balaban J connectivity index is 3.07. The van der Waals surface area contributed by atoms with E-state index in [9.17, 15) is 13.2 Å². The highest BCUT2D eigenvalue weighted by Gasteiger charge is 2.62. The summed E-state index contributed by atoms with van der Waals surface area (Å²) in [5.41, 5.74) is -0.231. The molecule has 1 fully saturated rings. The van der Waals surface area contributed by atoms with Gasteiger partial charge in [0.15, 0.2) is 7.83 Å². The average Bonchev–Trinajstić information content (AvgIpc) is 2.08. The van der Waals surface area contributed by atoms with Crippen molar-refractivity contribution in [3.8, 4) is 0 Å². The molecule has 1 saturated heterocycles. The van der Waals surface area contributed by atoms with Crippen molar-refractivity contribution in [2.24, 2.45) is 0 Å². The summed E-state index contributed by atoms with van der Waals surface area (Å²) in [6, 6.07) is 1.32. The van der Waals surface area contributed by atoms with Gasteiger partial charge in [0.2, 0.25) is 0 Å². The molecule has 0 amide bonds. The van der Waals surface area contributed by atoms with Crippen molar-refractivity contribution in [3.63, 3.8) is 0 Å². The Morgan fingerprint density at radius 3 is 1.95 bits per heavy atom. The number of halogens is 3. The molecule has 0 bridgehead atoms. The monoisotopic (exact) mass is 328 g/mol. The van der Waals surface area contributed by atoms with E-state index in [1.165, 1.54) is 0 Å². The maximum Gasteiger partial charge on any atom is 0.388 e. The summed E-state index contributed by atoms with van der Waals surface area (Å²) in [7, 11) is -5.45. The van der Waals surface area contributed by atoms with Crippen molar-refractivity contribution in [2.75, 3.05) is 0 Å². The molecular formula is C12H27F3OSi3. The second-order valence-corrected chi connectivity index (χ2v) is 34.7. The van der Waals surface area contributed by atoms with Crippen LogP contribution in [0.2, 0.25) is 44.8 Å². The van der Waals surface area contributed by atoms with Gasteiger partial charge in [-0.25, -0.2) is 0 Å². The van der Waals surface area contributed by atoms with E-state index >= 15 is 0 Å². The third-order valence-electron chi connectivity index (χ3n) is 5.27. The fourth-order valence-electron chi connectivity index (χ4n) is 3.52. The highest BCUT2D eigenvalue weighted by Crippen LogP contribution is 2.46. The molecule has 1 nitrogen and oxygen atoms in total. The Kier molecular flexibility index (Phi) is 4.32. The first-order valence-electron chi connectivity index (χ1n) is 6.89. The van der Waals surface area contributed by atoms with Gasteiger partial charge in [-0.1, -0.05) is 26.2 Å². The summed E-state index contributed by atoms with van der Waals surface area (Å²) in [6.45, 7) is 15.5. The fraction of sp³-hybridized carbons (Fsp3) is 1.00. The van der Waals surface area contributed by atoms with Gasteiger partial charge in [-0.05, 0) is 32.5 Å².